The number of thioether (sulfide) groups is 1. The maximum absolute atomic E-state index is 13.1. The van der Waals surface area contributed by atoms with E-state index in [9.17, 15) is 14.4 Å². The molecule has 0 radical (unpaired) electrons. The average Bonchev–Trinajstić information content (AvgIpc) is 3.35. The number of hydrogen-bond acceptors (Lipinski definition) is 8. The van der Waals surface area contributed by atoms with Gasteiger partial charge in [0.25, 0.3) is 5.91 Å². The van der Waals surface area contributed by atoms with E-state index in [4.69, 9.17) is 14.5 Å². The van der Waals surface area contributed by atoms with Gasteiger partial charge in [-0.3, -0.25) is 19.3 Å². The monoisotopic (exact) mass is 599 g/mol. The normalized spacial score (nSPS) is 15.2. The van der Waals surface area contributed by atoms with E-state index in [2.05, 4.69) is 15.6 Å². The molecule has 2 aliphatic heterocycles. The molecule has 0 spiro atoms. The van der Waals surface area contributed by atoms with Crippen LogP contribution in [0.2, 0.25) is 0 Å². The third-order valence-electron chi connectivity index (χ3n) is 7.08. The minimum absolute atomic E-state index is 0.0696. The summed E-state index contributed by atoms with van der Waals surface area (Å²) in [5, 5.41) is 6.31. The Kier molecular flexibility index (Phi) is 9.73. The van der Waals surface area contributed by atoms with E-state index in [1.807, 2.05) is 72.8 Å². The highest BCUT2D eigenvalue weighted by molar-refractivity contribution is 8.14. The highest BCUT2D eigenvalue weighted by Gasteiger charge is 2.42. The summed E-state index contributed by atoms with van der Waals surface area (Å²) in [6, 6.07) is 22.1. The second-order valence-corrected chi connectivity index (χ2v) is 10.9. The van der Waals surface area contributed by atoms with Gasteiger partial charge in [-0.05, 0) is 48.2 Å². The summed E-state index contributed by atoms with van der Waals surface area (Å²) in [7, 11) is 3.17. The quantitative estimate of drug-likeness (QED) is 0.327. The van der Waals surface area contributed by atoms with Gasteiger partial charge in [-0.25, -0.2) is 4.99 Å². The molecule has 3 aromatic carbocycles. The summed E-state index contributed by atoms with van der Waals surface area (Å²) in [6.45, 7) is 0.893. The van der Waals surface area contributed by atoms with Gasteiger partial charge in [0.05, 0.1) is 32.1 Å². The number of carbonyl (C=O) groups excluding carboxylic acids is 3. The molecule has 0 saturated heterocycles. The molecule has 5 rings (SSSR count). The number of aliphatic imine (C=N–C) groups is 2. The lowest BCUT2D eigenvalue weighted by Gasteiger charge is -2.30. The van der Waals surface area contributed by atoms with Crippen LogP contribution in [0.25, 0.3) is 0 Å². The van der Waals surface area contributed by atoms with Gasteiger partial charge in [-0.1, -0.05) is 60.3 Å². The molecule has 43 heavy (non-hydrogen) atoms. The van der Waals surface area contributed by atoms with Crippen LogP contribution in [-0.2, 0) is 27.2 Å². The first-order valence-corrected chi connectivity index (χ1v) is 15.0. The van der Waals surface area contributed by atoms with Crippen LogP contribution in [0.5, 0.6) is 11.5 Å². The summed E-state index contributed by atoms with van der Waals surface area (Å²) in [6.07, 6.45) is 1.23. The Morgan fingerprint density at radius 2 is 1.53 bits per heavy atom. The second kappa shape index (κ2) is 14.0. The molecule has 0 aromatic heterocycles. The van der Waals surface area contributed by atoms with Gasteiger partial charge in [0.1, 0.15) is 11.9 Å². The smallest absolute Gasteiger partial charge is 0.271 e. The molecule has 1 atom stereocenters. The summed E-state index contributed by atoms with van der Waals surface area (Å²) in [5.74, 6) is 0.989. The van der Waals surface area contributed by atoms with E-state index >= 15 is 0 Å². The van der Waals surface area contributed by atoms with E-state index < -0.39 is 11.9 Å². The van der Waals surface area contributed by atoms with Gasteiger partial charge < -0.3 is 20.1 Å². The van der Waals surface area contributed by atoms with Crippen LogP contribution in [0.3, 0.4) is 0 Å². The topological polar surface area (TPSA) is 122 Å². The predicted octanol–water partition coefficient (Wildman–Crippen LogP) is 3.50. The number of carbonyl (C=O) groups is 3. The molecule has 0 saturated carbocycles. The van der Waals surface area contributed by atoms with Crippen molar-refractivity contribution in [2.75, 3.05) is 33.1 Å². The summed E-state index contributed by atoms with van der Waals surface area (Å²) in [5.41, 5.74) is 3.49. The molecule has 11 heteroatoms. The Morgan fingerprint density at radius 1 is 0.837 bits per heavy atom. The molecule has 2 N–H and O–H groups in total. The van der Waals surface area contributed by atoms with Crippen molar-refractivity contribution in [1.29, 1.82) is 0 Å². The van der Waals surface area contributed by atoms with Gasteiger partial charge in [0, 0.05) is 18.7 Å². The van der Waals surface area contributed by atoms with Gasteiger partial charge in [-0.2, -0.15) is 4.99 Å². The van der Waals surface area contributed by atoms with E-state index in [0.29, 0.717) is 59.7 Å². The van der Waals surface area contributed by atoms with Crippen LogP contribution in [0.15, 0.2) is 82.8 Å². The van der Waals surface area contributed by atoms with E-state index in [-0.39, 0.29) is 24.0 Å². The molecule has 3 amide bonds. The van der Waals surface area contributed by atoms with Crippen molar-refractivity contribution in [3.05, 3.63) is 89.5 Å². The number of para-hydroxylation sites is 1. The zero-order valence-electron chi connectivity index (χ0n) is 24.0. The average molecular weight is 600 g/mol. The maximum atomic E-state index is 13.1. The number of amides is 3. The minimum atomic E-state index is -0.834. The van der Waals surface area contributed by atoms with E-state index in [0.717, 1.165) is 11.1 Å². The number of nitrogens with zero attached hydrogens (tertiary/aromatic N) is 3. The van der Waals surface area contributed by atoms with Crippen LogP contribution in [0, 0.1) is 0 Å². The fourth-order valence-electron chi connectivity index (χ4n) is 4.90. The van der Waals surface area contributed by atoms with Gasteiger partial charge in [0.15, 0.2) is 16.7 Å². The van der Waals surface area contributed by atoms with E-state index in [1.54, 1.807) is 19.1 Å². The number of nitrogens with one attached hydrogen (secondary N) is 2. The van der Waals surface area contributed by atoms with Gasteiger partial charge in [0.2, 0.25) is 11.8 Å². The Balaban J connectivity index is 1.20. The first-order valence-electron chi connectivity index (χ1n) is 14.0. The number of hydrogen-bond donors (Lipinski definition) is 2. The highest BCUT2D eigenvalue weighted by Crippen LogP contribution is 2.35. The lowest BCUT2D eigenvalue weighted by molar-refractivity contribution is -0.126. The molecular formula is C32H33N5O5S. The Bertz CT molecular complexity index is 1560. The fraction of sp³-hybridized carbons (Fsp3) is 0.281. The standard InChI is InChI=1S/C32H33N5O5S/c1-41-26-13-12-22(18-27(26)42-2)15-17-34-29(39)20-43-32-35-24-11-7-6-10-23(24)30-36-31(40)25(37(30)32)19-28(38)33-16-14-21-8-4-3-5-9-21/h3-13,18,25H,14-17,19-20H2,1-2H3,(H,33,38)(H,34,39). The zero-order chi connectivity index (χ0) is 30.2. The molecule has 2 aliphatic rings. The zero-order valence-corrected chi connectivity index (χ0v) is 24.9. The number of methoxy groups -OCH3 is 2. The summed E-state index contributed by atoms with van der Waals surface area (Å²) < 4.78 is 10.6. The van der Waals surface area contributed by atoms with Gasteiger partial charge >= 0.3 is 0 Å². The van der Waals surface area contributed by atoms with Crippen molar-refractivity contribution in [2.24, 2.45) is 9.98 Å². The molecule has 0 fully saturated rings. The van der Waals surface area contributed by atoms with Crippen LogP contribution in [0.1, 0.15) is 23.1 Å². The van der Waals surface area contributed by atoms with Crippen LogP contribution in [-0.4, -0.2) is 72.7 Å². The van der Waals surface area contributed by atoms with Crippen molar-refractivity contribution >= 4 is 46.2 Å². The molecule has 10 nitrogen and oxygen atoms in total. The number of amidine groups is 2. The first-order chi connectivity index (χ1) is 21.0. The molecule has 1 unspecified atom stereocenters. The third-order valence-corrected chi connectivity index (χ3v) is 8.03. The van der Waals surface area contributed by atoms with Crippen molar-refractivity contribution in [3.8, 4) is 11.5 Å². The number of fused-ring (bicyclic) bond motifs is 3. The fourth-order valence-corrected chi connectivity index (χ4v) is 5.78. The van der Waals surface area contributed by atoms with Crippen LogP contribution in [0.4, 0.5) is 5.69 Å². The molecular weight excluding hydrogens is 566 g/mol. The molecule has 2 heterocycles. The predicted molar refractivity (Wildman–Crippen MR) is 167 cm³/mol. The number of rotatable bonds is 12. The van der Waals surface area contributed by atoms with E-state index in [1.165, 1.54) is 11.8 Å². The van der Waals surface area contributed by atoms with Crippen LogP contribution >= 0.6 is 11.8 Å². The van der Waals surface area contributed by atoms with Crippen molar-refractivity contribution in [1.82, 2.24) is 15.5 Å². The van der Waals surface area contributed by atoms with Gasteiger partial charge in [-0.15, -0.1) is 0 Å². The Hall–Kier alpha value is -4.64. The first kappa shape index (κ1) is 29.8. The highest BCUT2D eigenvalue weighted by atomic mass is 32.2. The lowest BCUT2D eigenvalue weighted by Crippen LogP contribution is -2.46. The largest absolute Gasteiger partial charge is 0.493 e. The van der Waals surface area contributed by atoms with Crippen molar-refractivity contribution in [3.63, 3.8) is 0 Å². The SMILES string of the molecule is COc1ccc(CCNC(=O)CSC2=Nc3ccccc3C3=NC(=O)C(CC(=O)NCCc4ccccc4)N23)cc1OC. The Labute approximate surface area is 254 Å². The molecule has 222 valence electrons. The lowest BCUT2D eigenvalue weighted by atomic mass is 10.1. The third kappa shape index (κ3) is 7.23. The Morgan fingerprint density at radius 3 is 2.30 bits per heavy atom. The minimum Gasteiger partial charge on any atom is -0.493 e. The number of ether oxygens (including phenoxy) is 2. The van der Waals surface area contributed by atoms with Crippen molar-refractivity contribution < 1.29 is 23.9 Å². The second-order valence-electron chi connectivity index (χ2n) is 9.94. The molecule has 0 aliphatic carbocycles. The number of benzene rings is 3. The summed E-state index contributed by atoms with van der Waals surface area (Å²) in [4.78, 5) is 49.5. The van der Waals surface area contributed by atoms with Crippen molar-refractivity contribution in [2.45, 2.75) is 25.3 Å². The summed E-state index contributed by atoms with van der Waals surface area (Å²) >= 11 is 1.21. The molecule has 3 aromatic rings. The molecule has 0 bridgehead atoms. The van der Waals surface area contributed by atoms with Crippen LogP contribution < -0.4 is 20.1 Å². The maximum Gasteiger partial charge on any atom is 0.271 e.